The number of hydrazone groups is 1. The van der Waals surface area contributed by atoms with Crippen molar-refractivity contribution in [2.45, 2.75) is 0 Å². The molecule has 0 aromatic heterocycles. The lowest BCUT2D eigenvalue weighted by Crippen LogP contribution is -2.17. The lowest BCUT2D eigenvalue weighted by atomic mass is 10.2. The van der Waals surface area contributed by atoms with Crippen molar-refractivity contribution in [1.29, 1.82) is 0 Å². The number of carbonyl (C=O) groups is 1. The second-order valence-electron chi connectivity index (χ2n) is 3.95. The van der Waals surface area contributed by atoms with Gasteiger partial charge < -0.3 is 10.2 Å². The van der Waals surface area contributed by atoms with Gasteiger partial charge in [0.1, 0.15) is 11.5 Å². The molecule has 102 valence electrons. The number of hydrogen-bond acceptors (Lipinski definition) is 4. The van der Waals surface area contributed by atoms with Crippen LogP contribution in [-0.4, -0.2) is 22.3 Å². The third kappa shape index (κ3) is 3.49. The zero-order valence-electron chi connectivity index (χ0n) is 10.2. The first-order chi connectivity index (χ1) is 9.56. The molecule has 0 bridgehead atoms. The fourth-order valence-electron chi connectivity index (χ4n) is 1.49. The SMILES string of the molecule is O=C(N/N=C/c1ccc(Cl)cc1)c1ccc(O)cc1O. The average molecular weight is 291 g/mol. The third-order valence-electron chi connectivity index (χ3n) is 2.48. The first-order valence-corrected chi connectivity index (χ1v) is 6.05. The first-order valence-electron chi connectivity index (χ1n) is 5.67. The van der Waals surface area contributed by atoms with Gasteiger partial charge in [-0.2, -0.15) is 5.10 Å². The van der Waals surface area contributed by atoms with E-state index >= 15 is 0 Å². The Hall–Kier alpha value is -2.53. The van der Waals surface area contributed by atoms with Gasteiger partial charge in [0.25, 0.3) is 5.91 Å². The molecule has 20 heavy (non-hydrogen) atoms. The van der Waals surface area contributed by atoms with Crippen LogP contribution in [0.1, 0.15) is 15.9 Å². The van der Waals surface area contributed by atoms with E-state index < -0.39 is 5.91 Å². The molecule has 0 heterocycles. The smallest absolute Gasteiger partial charge is 0.275 e. The van der Waals surface area contributed by atoms with Gasteiger partial charge in [0.2, 0.25) is 0 Å². The van der Waals surface area contributed by atoms with Gasteiger partial charge in [-0.3, -0.25) is 4.79 Å². The zero-order chi connectivity index (χ0) is 14.5. The van der Waals surface area contributed by atoms with Gasteiger partial charge in [0.15, 0.2) is 0 Å². The van der Waals surface area contributed by atoms with E-state index in [0.29, 0.717) is 5.02 Å². The van der Waals surface area contributed by atoms with Crippen molar-refractivity contribution in [2.24, 2.45) is 5.10 Å². The van der Waals surface area contributed by atoms with E-state index in [0.717, 1.165) is 11.6 Å². The number of phenols is 2. The summed E-state index contributed by atoms with van der Waals surface area (Å²) >= 11 is 5.74. The second-order valence-corrected chi connectivity index (χ2v) is 4.39. The minimum Gasteiger partial charge on any atom is -0.508 e. The van der Waals surface area contributed by atoms with Gasteiger partial charge in [-0.25, -0.2) is 5.43 Å². The van der Waals surface area contributed by atoms with E-state index in [9.17, 15) is 9.90 Å². The van der Waals surface area contributed by atoms with Crippen LogP contribution in [0.2, 0.25) is 5.02 Å². The van der Waals surface area contributed by atoms with Crippen LogP contribution in [0.15, 0.2) is 47.6 Å². The Morgan fingerprint density at radius 3 is 2.50 bits per heavy atom. The van der Waals surface area contributed by atoms with Gasteiger partial charge in [0.05, 0.1) is 11.8 Å². The molecule has 0 aliphatic heterocycles. The largest absolute Gasteiger partial charge is 0.508 e. The number of phenolic OH excluding ortho intramolecular Hbond substituents is 2. The van der Waals surface area contributed by atoms with Gasteiger partial charge in [-0.15, -0.1) is 0 Å². The highest BCUT2D eigenvalue weighted by Gasteiger charge is 2.10. The predicted molar refractivity (Wildman–Crippen MR) is 76.3 cm³/mol. The molecule has 0 unspecified atom stereocenters. The molecule has 3 N–H and O–H groups in total. The van der Waals surface area contributed by atoms with Crippen LogP contribution >= 0.6 is 11.6 Å². The quantitative estimate of drug-likeness (QED) is 0.600. The molecule has 6 heteroatoms. The van der Waals surface area contributed by atoms with Crippen molar-refractivity contribution >= 4 is 23.7 Å². The van der Waals surface area contributed by atoms with E-state index in [4.69, 9.17) is 16.7 Å². The summed E-state index contributed by atoms with van der Waals surface area (Å²) in [6, 6.07) is 10.6. The number of rotatable bonds is 3. The Morgan fingerprint density at radius 1 is 1.15 bits per heavy atom. The Kier molecular flexibility index (Phi) is 4.22. The molecule has 0 saturated heterocycles. The lowest BCUT2D eigenvalue weighted by Gasteiger charge is -2.03. The number of benzene rings is 2. The summed E-state index contributed by atoms with van der Waals surface area (Å²) in [7, 11) is 0. The molecule has 0 aliphatic rings. The van der Waals surface area contributed by atoms with Crippen molar-refractivity contribution < 1.29 is 15.0 Å². The Labute approximate surface area is 120 Å². The molecule has 2 aromatic rings. The Morgan fingerprint density at radius 2 is 1.85 bits per heavy atom. The molecule has 0 fully saturated rings. The molecule has 5 nitrogen and oxygen atoms in total. The molecule has 2 rings (SSSR count). The maximum absolute atomic E-state index is 11.7. The minimum absolute atomic E-state index is 0.0241. The average Bonchev–Trinajstić information content (AvgIpc) is 2.41. The van der Waals surface area contributed by atoms with E-state index in [1.54, 1.807) is 24.3 Å². The van der Waals surface area contributed by atoms with Gasteiger partial charge in [-0.05, 0) is 29.8 Å². The maximum Gasteiger partial charge on any atom is 0.275 e. The van der Waals surface area contributed by atoms with Crippen LogP contribution in [0.5, 0.6) is 11.5 Å². The summed E-state index contributed by atoms with van der Waals surface area (Å²) < 4.78 is 0. The van der Waals surface area contributed by atoms with E-state index in [1.807, 2.05) is 0 Å². The van der Waals surface area contributed by atoms with Crippen molar-refractivity contribution in [3.8, 4) is 11.5 Å². The Balaban J connectivity index is 2.03. The number of amides is 1. The van der Waals surface area contributed by atoms with Crippen molar-refractivity contribution in [2.75, 3.05) is 0 Å². The molecular formula is C14H11ClN2O3. The third-order valence-corrected chi connectivity index (χ3v) is 2.73. The number of nitrogens with zero attached hydrogens (tertiary/aromatic N) is 1. The number of halogens is 1. The molecule has 0 saturated carbocycles. The standard InChI is InChI=1S/C14H11ClN2O3/c15-10-3-1-9(2-4-10)8-16-17-14(20)12-6-5-11(18)7-13(12)19/h1-8,18-19H,(H,17,20)/b16-8+. The van der Waals surface area contributed by atoms with Crippen molar-refractivity contribution in [3.05, 3.63) is 58.6 Å². The van der Waals surface area contributed by atoms with Crippen LogP contribution in [0.3, 0.4) is 0 Å². The lowest BCUT2D eigenvalue weighted by molar-refractivity contribution is 0.0952. The van der Waals surface area contributed by atoms with Crippen LogP contribution in [-0.2, 0) is 0 Å². The van der Waals surface area contributed by atoms with Gasteiger partial charge in [-0.1, -0.05) is 23.7 Å². The monoisotopic (exact) mass is 290 g/mol. The fraction of sp³-hybridized carbons (Fsp3) is 0. The van der Waals surface area contributed by atoms with Crippen LogP contribution in [0.25, 0.3) is 0 Å². The molecule has 0 spiro atoms. The van der Waals surface area contributed by atoms with Gasteiger partial charge in [0, 0.05) is 11.1 Å². The second kappa shape index (κ2) is 6.08. The highest BCUT2D eigenvalue weighted by atomic mass is 35.5. The van der Waals surface area contributed by atoms with Gasteiger partial charge >= 0.3 is 0 Å². The van der Waals surface area contributed by atoms with E-state index in [-0.39, 0.29) is 17.1 Å². The first kappa shape index (κ1) is 13.9. The molecular weight excluding hydrogens is 280 g/mol. The van der Waals surface area contributed by atoms with Crippen molar-refractivity contribution in [3.63, 3.8) is 0 Å². The van der Waals surface area contributed by atoms with Crippen LogP contribution < -0.4 is 5.43 Å². The summed E-state index contributed by atoms with van der Waals surface area (Å²) in [5, 5.41) is 23.0. The van der Waals surface area contributed by atoms with Crippen molar-refractivity contribution in [1.82, 2.24) is 5.43 Å². The minimum atomic E-state index is -0.576. The highest BCUT2D eigenvalue weighted by molar-refractivity contribution is 6.30. The number of hydrogen-bond donors (Lipinski definition) is 3. The normalized spacial score (nSPS) is 10.7. The number of aromatic hydroxyl groups is 2. The number of carbonyl (C=O) groups excluding carboxylic acids is 1. The highest BCUT2D eigenvalue weighted by Crippen LogP contribution is 2.22. The molecule has 0 aliphatic carbocycles. The summed E-state index contributed by atoms with van der Waals surface area (Å²) in [5.74, 6) is -1.01. The predicted octanol–water partition coefficient (Wildman–Crippen LogP) is 2.52. The van der Waals surface area contributed by atoms with Crippen LogP contribution in [0.4, 0.5) is 0 Å². The fourth-order valence-corrected chi connectivity index (χ4v) is 1.61. The topological polar surface area (TPSA) is 81.9 Å². The number of nitrogens with one attached hydrogen (secondary N) is 1. The van der Waals surface area contributed by atoms with E-state index in [1.165, 1.54) is 18.3 Å². The maximum atomic E-state index is 11.7. The summed E-state index contributed by atoms with van der Waals surface area (Å²) in [5.41, 5.74) is 3.07. The molecule has 0 atom stereocenters. The molecule has 1 amide bonds. The summed E-state index contributed by atoms with van der Waals surface area (Å²) in [6.07, 6.45) is 1.45. The summed E-state index contributed by atoms with van der Waals surface area (Å²) in [6.45, 7) is 0. The van der Waals surface area contributed by atoms with Crippen LogP contribution in [0, 0.1) is 0 Å². The summed E-state index contributed by atoms with van der Waals surface area (Å²) in [4.78, 5) is 11.7. The zero-order valence-corrected chi connectivity index (χ0v) is 11.0. The van der Waals surface area contributed by atoms with E-state index in [2.05, 4.69) is 10.5 Å². The molecule has 0 radical (unpaired) electrons. The Bertz CT molecular complexity index is 654. The molecule has 2 aromatic carbocycles.